The van der Waals surface area contributed by atoms with Crippen LogP contribution >= 0.6 is 0 Å². The molecular weight excluding hydrogens is 208 g/mol. The van der Waals surface area contributed by atoms with Crippen LogP contribution in [0.1, 0.15) is 58.8 Å². The zero-order valence-corrected chi connectivity index (χ0v) is 12.2. The van der Waals surface area contributed by atoms with Gasteiger partial charge in [-0.1, -0.05) is 32.6 Å². The van der Waals surface area contributed by atoms with Crippen LogP contribution in [-0.2, 0) is 0 Å². The van der Waals surface area contributed by atoms with Gasteiger partial charge in [-0.2, -0.15) is 0 Å². The molecule has 1 fully saturated rings. The van der Waals surface area contributed by atoms with Gasteiger partial charge in [0.15, 0.2) is 0 Å². The second-order valence-electron chi connectivity index (χ2n) is 5.67. The van der Waals surface area contributed by atoms with Gasteiger partial charge in [-0.3, -0.25) is 0 Å². The summed E-state index contributed by atoms with van der Waals surface area (Å²) >= 11 is 0. The molecule has 1 unspecified atom stereocenters. The van der Waals surface area contributed by atoms with Crippen LogP contribution in [0.2, 0.25) is 0 Å². The van der Waals surface area contributed by atoms with Gasteiger partial charge < -0.3 is 10.2 Å². The molecule has 0 aromatic rings. The van der Waals surface area contributed by atoms with Crippen molar-refractivity contribution in [3.8, 4) is 0 Å². The highest BCUT2D eigenvalue weighted by Crippen LogP contribution is 2.20. The van der Waals surface area contributed by atoms with Crippen LogP contribution < -0.4 is 5.32 Å². The minimum Gasteiger partial charge on any atom is -0.317 e. The van der Waals surface area contributed by atoms with Gasteiger partial charge in [-0.05, 0) is 58.8 Å². The lowest BCUT2D eigenvalue weighted by Gasteiger charge is -2.34. The zero-order valence-electron chi connectivity index (χ0n) is 12.2. The average Bonchev–Trinajstić information content (AvgIpc) is 2.38. The van der Waals surface area contributed by atoms with E-state index in [1.165, 1.54) is 64.6 Å². The summed E-state index contributed by atoms with van der Waals surface area (Å²) in [6.07, 6.45) is 9.82. The van der Waals surface area contributed by atoms with E-state index in [1.807, 2.05) is 0 Å². The molecule has 1 atom stereocenters. The van der Waals surface area contributed by atoms with Gasteiger partial charge in [0.2, 0.25) is 0 Å². The smallest absolute Gasteiger partial charge is 0.00649 e. The van der Waals surface area contributed by atoms with Crippen LogP contribution in [0.3, 0.4) is 0 Å². The first kappa shape index (κ1) is 15.0. The van der Waals surface area contributed by atoms with Crippen molar-refractivity contribution < 1.29 is 0 Å². The van der Waals surface area contributed by atoms with Crippen LogP contribution in [0.15, 0.2) is 0 Å². The van der Waals surface area contributed by atoms with Gasteiger partial charge in [0.25, 0.3) is 0 Å². The first-order valence-corrected chi connectivity index (χ1v) is 7.67. The van der Waals surface area contributed by atoms with E-state index in [0.717, 1.165) is 5.92 Å². The van der Waals surface area contributed by atoms with Crippen LogP contribution in [0.25, 0.3) is 0 Å². The normalized spacial score (nSPS) is 20.6. The van der Waals surface area contributed by atoms with Crippen LogP contribution in [0.5, 0.6) is 0 Å². The maximum Gasteiger partial charge on any atom is 0.00649 e. The van der Waals surface area contributed by atoms with E-state index in [-0.39, 0.29) is 0 Å². The minimum atomic E-state index is 0.696. The van der Waals surface area contributed by atoms with E-state index in [1.54, 1.807) is 0 Å². The highest BCUT2D eigenvalue weighted by Gasteiger charge is 2.22. The average molecular weight is 240 g/mol. The molecule has 1 N–H and O–H groups in total. The standard InChI is InChI=1S/C15H32N2/c1-4-5-6-7-8-11-17-12-9-15(10-13-17)14(2)16-3/h14-16H,4-13H2,1-3H3. The highest BCUT2D eigenvalue weighted by atomic mass is 15.1. The van der Waals surface area contributed by atoms with Crippen molar-refractivity contribution in [2.24, 2.45) is 5.92 Å². The van der Waals surface area contributed by atoms with Crippen molar-refractivity contribution in [2.75, 3.05) is 26.7 Å². The number of nitrogens with one attached hydrogen (secondary N) is 1. The summed E-state index contributed by atoms with van der Waals surface area (Å²) in [4.78, 5) is 2.67. The van der Waals surface area contributed by atoms with Crippen molar-refractivity contribution >= 4 is 0 Å². The zero-order chi connectivity index (χ0) is 12.5. The molecule has 0 aromatic heterocycles. The lowest BCUT2D eigenvalue weighted by Crippen LogP contribution is -2.41. The summed E-state index contributed by atoms with van der Waals surface area (Å²) in [5, 5.41) is 3.40. The lowest BCUT2D eigenvalue weighted by molar-refractivity contribution is 0.162. The van der Waals surface area contributed by atoms with Gasteiger partial charge in [0.1, 0.15) is 0 Å². The highest BCUT2D eigenvalue weighted by molar-refractivity contribution is 4.78. The number of hydrogen-bond donors (Lipinski definition) is 1. The summed E-state index contributed by atoms with van der Waals surface area (Å²) in [6, 6.07) is 0.696. The Hall–Kier alpha value is -0.0800. The Balaban J connectivity index is 2.03. The van der Waals surface area contributed by atoms with E-state index in [2.05, 4.69) is 31.1 Å². The van der Waals surface area contributed by atoms with Crippen molar-refractivity contribution in [3.05, 3.63) is 0 Å². The summed E-state index contributed by atoms with van der Waals surface area (Å²) in [5.41, 5.74) is 0. The molecule has 0 spiro atoms. The number of hydrogen-bond acceptors (Lipinski definition) is 2. The molecular formula is C15H32N2. The van der Waals surface area contributed by atoms with Crippen LogP contribution in [0, 0.1) is 5.92 Å². The van der Waals surface area contributed by atoms with Crippen molar-refractivity contribution in [2.45, 2.75) is 64.8 Å². The van der Waals surface area contributed by atoms with Gasteiger partial charge in [0.05, 0.1) is 0 Å². The number of piperidine rings is 1. The molecule has 102 valence electrons. The van der Waals surface area contributed by atoms with E-state index in [0.29, 0.717) is 6.04 Å². The maximum atomic E-state index is 3.40. The summed E-state index contributed by atoms with van der Waals surface area (Å²) in [5.74, 6) is 0.899. The number of nitrogens with zero attached hydrogens (tertiary/aromatic N) is 1. The first-order valence-electron chi connectivity index (χ1n) is 7.67. The molecule has 0 radical (unpaired) electrons. The van der Waals surface area contributed by atoms with E-state index < -0.39 is 0 Å². The van der Waals surface area contributed by atoms with Crippen LogP contribution in [0.4, 0.5) is 0 Å². The summed E-state index contributed by atoms with van der Waals surface area (Å²) in [7, 11) is 2.09. The lowest BCUT2D eigenvalue weighted by atomic mass is 9.90. The monoisotopic (exact) mass is 240 g/mol. The molecule has 1 aliphatic heterocycles. The van der Waals surface area contributed by atoms with Crippen molar-refractivity contribution in [3.63, 3.8) is 0 Å². The van der Waals surface area contributed by atoms with Gasteiger partial charge in [-0.15, -0.1) is 0 Å². The Labute approximate surface area is 108 Å². The number of unbranched alkanes of at least 4 members (excludes halogenated alkanes) is 4. The van der Waals surface area contributed by atoms with Gasteiger partial charge in [-0.25, -0.2) is 0 Å². The maximum absolute atomic E-state index is 3.40. The number of likely N-dealkylation sites (tertiary alicyclic amines) is 1. The van der Waals surface area contributed by atoms with Gasteiger partial charge >= 0.3 is 0 Å². The fourth-order valence-electron chi connectivity index (χ4n) is 2.85. The predicted molar refractivity (Wildman–Crippen MR) is 76.4 cm³/mol. The van der Waals surface area contributed by atoms with Crippen LogP contribution in [-0.4, -0.2) is 37.6 Å². The second kappa shape index (κ2) is 8.93. The van der Waals surface area contributed by atoms with Gasteiger partial charge in [0, 0.05) is 6.04 Å². The molecule has 0 amide bonds. The number of rotatable bonds is 8. The topological polar surface area (TPSA) is 15.3 Å². The molecule has 1 aliphatic rings. The molecule has 0 bridgehead atoms. The third-order valence-corrected chi connectivity index (χ3v) is 4.37. The fraction of sp³-hybridized carbons (Fsp3) is 1.00. The minimum absolute atomic E-state index is 0.696. The third kappa shape index (κ3) is 5.87. The Morgan fingerprint density at radius 2 is 1.76 bits per heavy atom. The fourth-order valence-corrected chi connectivity index (χ4v) is 2.85. The second-order valence-corrected chi connectivity index (χ2v) is 5.67. The Kier molecular flexibility index (Phi) is 7.87. The van der Waals surface area contributed by atoms with E-state index >= 15 is 0 Å². The quantitative estimate of drug-likeness (QED) is 0.655. The summed E-state index contributed by atoms with van der Waals surface area (Å²) in [6.45, 7) is 8.60. The SMILES string of the molecule is CCCCCCCN1CCC(C(C)NC)CC1. The van der Waals surface area contributed by atoms with Crippen molar-refractivity contribution in [1.29, 1.82) is 0 Å². The molecule has 0 saturated carbocycles. The Morgan fingerprint density at radius 3 is 2.35 bits per heavy atom. The molecule has 0 aliphatic carbocycles. The predicted octanol–water partition coefficient (Wildman–Crippen LogP) is 3.28. The molecule has 2 heteroatoms. The third-order valence-electron chi connectivity index (χ3n) is 4.37. The Bertz CT molecular complexity index is 174. The molecule has 1 rings (SSSR count). The molecule has 0 aromatic carbocycles. The molecule has 2 nitrogen and oxygen atoms in total. The molecule has 1 heterocycles. The summed E-state index contributed by atoms with van der Waals surface area (Å²) < 4.78 is 0. The van der Waals surface area contributed by atoms with E-state index in [9.17, 15) is 0 Å². The largest absolute Gasteiger partial charge is 0.317 e. The first-order chi connectivity index (χ1) is 8.27. The van der Waals surface area contributed by atoms with Crippen molar-refractivity contribution in [1.82, 2.24) is 10.2 Å². The molecule has 17 heavy (non-hydrogen) atoms. The van der Waals surface area contributed by atoms with E-state index in [4.69, 9.17) is 0 Å². The Morgan fingerprint density at radius 1 is 1.12 bits per heavy atom. The molecule has 1 saturated heterocycles.